The van der Waals surface area contributed by atoms with Crippen LogP contribution in [0.25, 0.3) is 11.0 Å². The molecule has 26 heavy (non-hydrogen) atoms. The van der Waals surface area contributed by atoms with Crippen molar-refractivity contribution in [3.63, 3.8) is 0 Å². The van der Waals surface area contributed by atoms with Gasteiger partial charge in [-0.2, -0.15) is 26.3 Å². The summed E-state index contributed by atoms with van der Waals surface area (Å²) in [5, 5.41) is 0.0249. The zero-order chi connectivity index (χ0) is 19.1. The topological polar surface area (TPSA) is 25.8 Å². The molecule has 0 saturated carbocycles. The van der Waals surface area contributed by atoms with E-state index in [1.807, 2.05) is 0 Å². The van der Waals surface area contributed by atoms with Crippen LogP contribution in [0.4, 0.5) is 26.3 Å². The van der Waals surface area contributed by atoms with Gasteiger partial charge in [-0.3, -0.25) is 0 Å². The molecular formula is C17H9ClF6N2. The normalized spacial score (nSPS) is 12.6. The molecule has 0 aliphatic heterocycles. The predicted molar refractivity (Wildman–Crippen MR) is 83.8 cm³/mol. The number of benzene rings is 1. The molecule has 0 aliphatic rings. The number of alkyl halides is 6. The Balaban J connectivity index is 2.11. The average Bonchev–Trinajstić information content (AvgIpc) is 2.54. The number of fused-ring (bicyclic) bond motifs is 1. The standard InChI is InChI=1S/C17H9ClF6N2/c18-10-3-1-9(2-4-10)7-11-5-6-12-13(16(19,20)21)8-14(17(22,23)24)26-15(12)25-11/h1-6,8H,7H2. The molecule has 2 nitrogen and oxygen atoms in total. The van der Waals surface area contributed by atoms with Crippen molar-refractivity contribution in [1.82, 2.24) is 9.97 Å². The van der Waals surface area contributed by atoms with Crippen LogP contribution in [0.5, 0.6) is 0 Å². The van der Waals surface area contributed by atoms with Crippen LogP contribution in [-0.4, -0.2) is 9.97 Å². The molecule has 0 atom stereocenters. The lowest BCUT2D eigenvalue weighted by Gasteiger charge is -2.14. The Morgan fingerprint density at radius 3 is 2.04 bits per heavy atom. The fourth-order valence-electron chi connectivity index (χ4n) is 2.43. The zero-order valence-corrected chi connectivity index (χ0v) is 13.5. The van der Waals surface area contributed by atoms with Gasteiger partial charge >= 0.3 is 12.4 Å². The van der Waals surface area contributed by atoms with E-state index in [1.165, 1.54) is 6.07 Å². The molecule has 3 rings (SSSR count). The molecule has 3 aromatic rings. The molecule has 0 aliphatic carbocycles. The quantitative estimate of drug-likeness (QED) is 0.508. The van der Waals surface area contributed by atoms with Gasteiger partial charge in [-0.05, 0) is 35.9 Å². The highest BCUT2D eigenvalue weighted by Crippen LogP contribution is 2.38. The Labute approximate surface area is 148 Å². The molecule has 0 N–H and O–H groups in total. The third kappa shape index (κ3) is 3.90. The Hall–Kier alpha value is -2.35. The second-order valence-electron chi connectivity index (χ2n) is 5.53. The summed E-state index contributed by atoms with van der Waals surface area (Å²) in [5.41, 5.74) is -2.60. The minimum atomic E-state index is -5.01. The minimum absolute atomic E-state index is 0.00286. The Kier molecular flexibility index (Phi) is 4.56. The van der Waals surface area contributed by atoms with Crippen LogP contribution in [0.15, 0.2) is 42.5 Å². The van der Waals surface area contributed by atoms with Crippen molar-refractivity contribution in [2.45, 2.75) is 18.8 Å². The van der Waals surface area contributed by atoms with Crippen LogP contribution in [0.1, 0.15) is 22.5 Å². The van der Waals surface area contributed by atoms with Crippen molar-refractivity contribution in [3.05, 3.63) is 70.0 Å². The first-order valence-electron chi connectivity index (χ1n) is 7.23. The van der Waals surface area contributed by atoms with E-state index in [0.717, 1.165) is 11.6 Å². The van der Waals surface area contributed by atoms with Gasteiger partial charge in [-0.15, -0.1) is 0 Å². The smallest absolute Gasteiger partial charge is 0.233 e. The van der Waals surface area contributed by atoms with Gasteiger partial charge in [0.2, 0.25) is 0 Å². The monoisotopic (exact) mass is 390 g/mol. The lowest BCUT2D eigenvalue weighted by Crippen LogP contribution is -2.14. The van der Waals surface area contributed by atoms with E-state index in [2.05, 4.69) is 9.97 Å². The lowest BCUT2D eigenvalue weighted by molar-refractivity contribution is -0.144. The van der Waals surface area contributed by atoms with Gasteiger partial charge in [-0.25, -0.2) is 9.97 Å². The molecular weight excluding hydrogens is 382 g/mol. The van der Waals surface area contributed by atoms with Gasteiger partial charge in [0.25, 0.3) is 0 Å². The SMILES string of the molecule is FC(F)(F)c1cc(C(F)(F)F)c2ccc(Cc3ccc(Cl)cc3)nc2n1. The molecule has 0 bridgehead atoms. The predicted octanol–water partition coefficient (Wildman–Crippen LogP) is 5.91. The first kappa shape index (κ1) is 18.4. The highest BCUT2D eigenvalue weighted by Gasteiger charge is 2.39. The molecule has 0 spiro atoms. The van der Waals surface area contributed by atoms with Crippen LogP contribution in [0.3, 0.4) is 0 Å². The molecule has 2 heterocycles. The van der Waals surface area contributed by atoms with Crippen LogP contribution in [0, 0.1) is 0 Å². The molecule has 0 saturated heterocycles. The Bertz CT molecular complexity index is 948. The molecule has 136 valence electrons. The number of halogens is 7. The Morgan fingerprint density at radius 1 is 0.808 bits per heavy atom. The number of aromatic nitrogens is 2. The van der Waals surface area contributed by atoms with Crippen molar-refractivity contribution in [3.8, 4) is 0 Å². The summed E-state index contributed by atoms with van der Waals surface area (Å²) in [7, 11) is 0. The van der Waals surface area contributed by atoms with Gasteiger partial charge in [0.15, 0.2) is 5.65 Å². The maximum atomic E-state index is 13.1. The van der Waals surface area contributed by atoms with Crippen molar-refractivity contribution < 1.29 is 26.3 Å². The molecule has 0 amide bonds. The summed E-state index contributed by atoms with van der Waals surface area (Å²) in [4.78, 5) is 7.18. The van der Waals surface area contributed by atoms with E-state index in [-0.39, 0.29) is 12.5 Å². The van der Waals surface area contributed by atoms with E-state index < -0.39 is 34.6 Å². The van der Waals surface area contributed by atoms with Crippen molar-refractivity contribution in [1.29, 1.82) is 0 Å². The second-order valence-corrected chi connectivity index (χ2v) is 5.96. The van der Waals surface area contributed by atoms with Gasteiger partial charge in [0, 0.05) is 22.5 Å². The summed E-state index contributed by atoms with van der Waals surface area (Å²) in [6.45, 7) is 0. The Morgan fingerprint density at radius 2 is 1.46 bits per heavy atom. The van der Waals surface area contributed by atoms with Crippen LogP contribution >= 0.6 is 11.6 Å². The summed E-state index contributed by atoms with van der Waals surface area (Å²) >= 11 is 5.77. The number of rotatable bonds is 2. The van der Waals surface area contributed by atoms with Crippen LogP contribution < -0.4 is 0 Å². The van der Waals surface area contributed by atoms with Gasteiger partial charge in [0.05, 0.1) is 5.56 Å². The van der Waals surface area contributed by atoms with E-state index in [0.29, 0.717) is 10.7 Å². The number of hydrogen-bond donors (Lipinski definition) is 0. The van der Waals surface area contributed by atoms with Crippen LogP contribution in [0.2, 0.25) is 5.02 Å². The van der Waals surface area contributed by atoms with Gasteiger partial charge in [0.1, 0.15) is 5.69 Å². The summed E-state index contributed by atoms with van der Waals surface area (Å²) in [5.74, 6) is 0. The highest BCUT2D eigenvalue weighted by molar-refractivity contribution is 6.30. The van der Waals surface area contributed by atoms with Crippen LogP contribution in [-0.2, 0) is 18.8 Å². The second kappa shape index (κ2) is 6.42. The fraction of sp³-hybridized carbons (Fsp3) is 0.176. The summed E-state index contributed by atoms with van der Waals surface area (Å²) in [6.07, 6.45) is -9.75. The molecule has 1 aromatic carbocycles. The number of nitrogens with zero attached hydrogens (tertiary/aromatic N) is 2. The van der Waals surface area contributed by atoms with Crippen molar-refractivity contribution in [2.75, 3.05) is 0 Å². The molecule has 0 fully saturated rings. The number of pyridine rings is 2. The first-order valence-corrected chi connectivity index (χ1v) is 7.61. The number of hydrogen-bond acceptors (Lipinski definition) is 2. The molecule has 0 radical (unpaired) electrons. The van der Waals surface area contributed by atoms with Gasteiger partial charge < -0.3 is 0 Å². The van der Waals surface area contributed by atoms with Crippen molar-refractivity contribution >= 4 is 22.6 Å². The van der Waals surface area contributed by atoms with Crippen molar-refractivity contribution in [2.24, 2.45) is 0 Å². The lowest BCUT2D eigenvalue weighted by atomic mass is 10.1. The van der Waals surface area contributed by atoms with E-state index in [9.17, 15) is 26.3 Å². The minimum Gasteiger partial charge on any atom is -0.233 e. The first-order chi connectivity index (χ1) is 12.0. The maximum absolute atomic E-state index is 13.1. The largest absolute Gasteiger partial charge is 0.433 e. The fourth-order valence-corrected chi connectivity index (χ4v) is 2.56. The summed E-state index contributed by atoms with van der Waals surface area (Å²) < 4.78 is 78.1. The third-order valence-electron chi connectivity index (χ3n) is 3.62. The van der Waals surface area contributed by atoms with E-state index in [4.69, 9.17) is 11.6 Å². The molecule has 2 aromatic heterocycles. The molecule has 0 unspecified atom stereocenters. The van der Waals surface area contributed by atoms with Gasteiger partial charge in [-0.1, -0.05) is 23.7 Å². The summed E-state index contributed by atoms with van der Waals surface area (Å²) in [6, 6.07) is 9.05. The molecule has 9 heteroatoms. The van der Waals surface area contributed by atoms with E-state index in [1.54, 1.807) is 24.3 Å². The third-order valence-corrected chi connectivity index (χ3v) is 3.88. The maximum Gasteiger partial charge on any atom is 0.433 e. The average molecular weight is 391 g/mol. The highest BCUT2D eigenvalue weighted by atomic mass is 35.5. The van der Waals surface area contributed by atoms with E-state index >= 15 is 0 Å². The zero-order valence-electron chi connectivity index (χ0n) is 12.8.